The van der Waals surface area contributed by atoms with Crippen molar-refractivity contribution >= 4 is 11.9 Å². The van der Waals surface area contributed by atoms with Crippen LogP contribution in [0.15, 0.2) is 0 Å². The maximum atomic E-state index is 11.8. The number of carboxylic acid groups (broad SMARTS) is 1. The third kappa shape index (κ3) is 4.32. The molecule has 3 atom stereocenters. The number of aliphatic hydroxyl groups is 1. The Bertz CT molecular complexity index is 283. The number of aliphatic hydroxyl groups excluding tert-OH is 1. The number of hydrogen-bond donors (Lipinski definition) is 4. The van der Waals surface area contributed by atoms with Crippen LogP contribution >= 0.6 is 0 Å². The molecule has 2 unspecified atom stereocenters. The van der Waals surface area contributed by atoms with Gasteiger partial charge >= 0.3 is 5.97 Å². The zero-order chi connectivity index (χ0) is 12.8. The van der Waals surface area contributed by atoms with Crippen LogP contribution in [0.25, 0.3) is 0 Å². The fourth-order valence-electron chi connectivity index (χ4n) is 2.14. The first-order chi connectivity index (χ1) is 8.04. The number of carbonyl (C=O) groups is 2. The van der Waals surface area contributed by atoms with E-state index in [1.807, 2.05) is 0 Å². The molecule has 6 nitrogen and oxygen atoms in total. The summed E-state index contributed by atoms with van der Waals surface area (Å²) < 4.78 is 0. The standard InChI is InChI=1S/C11H20N2O4/c12-8-3-1-2-7(6-8)10(15)13-9(4-5-14)11(16)17/h7-9,14H,1-6,12H2,(H,13,15)(H,16,17)/t7?,8?,9-/m1/s1. The number of carbonyl (C=O) groups excluding carboxylic acids is 1. The van der Waals surface area contributed by atoms with Crippen molar-refractivity contribution in [3.05, 3.63) is 0 Å². The quantitative estimate of drug-likeness (QED) is 0.518. The van der Waals surface area contributed by atoms with E-state index in [0.717, 1.165) is 19.3 Å². The van der Waals surface area contributed by atoms with E-state index in [9.17, 15) is 9.59 Å². The first-order valence-electron chi connectivity index (χ1n) is 5.94. The Morgan fingerprint density at radius 3 is 2.65 bits per heavy atom. The van der Waals surface area contributed by atoms with Crippen LogP contribution in [0.3, 0.4) is 0 Å². The van der Waals surface area contributed by atoms with E-state index in [2.05, 4.69) is 5.32 Å². The van der Waals surface area contributed by atoms with Crippen LogP contribution in [0.5, 0.6) is 0 Å². The Morgan fingerprint density at radius 1 is 1.41 bits per heavy atom. The monoisotopic (exact) mass is 244 g/mol. The fraction of sp³-hybridized carbons (Fsp3) is 0.818. The summed E-state index contributed by atoms with van der Waals surface area (Å²) in [4.78, 5) is 22.6. The van der Waals surface area contributed by atoms with Crippen LogP contribution < -0.4 is 11.1 Å². The van der Waals surface area contributed by atoms with E-state index in [1.165, 1.54) is 0 Å². The summed E-state index contributed by atoms with van der Waals surface area (Å²) in [7, 11) is 0. The first kappa shape index (κ1) is 13.9. The first-order valence-corrected chi connectivity index (χ1v) is 5.94. The molecule has 0 aromatic heterocycles. The summed E-state index contributed by atoms with van der Waals surface area (Å²) in [5.74, 6) is -1.58. The van der Waals surface area contributed by atoms with Crippen molar-refractivity contribution in [2.75, 3.05) is 6.61 Å². The number of amides is 1. The van der Waals surface area contributed by atoms with Crippen molar-refractivity contribution in [1.29, 1.82) is 0 Å². The zero-order valence-corrected chi connectivity index (χ0v) is 9.76. The van der Waals surface area contributed by atoms with Gasteiger partial charge in [-0.05, 0) is 19.3 Å². The van der Waals surface area contributed by atoms with Crippen molar-refractivity contribution < 1.29 is 19.8 Å². The second kappa shape index (κ2) is 6.56. The topological polar surface area (TPSA) is 113 Å². The third-order valence-corrected chi connectivity index (χ3v) is 3.12. The van der Waals surface area contributed by atoms with Gasteiger partial charge in [-0.25, -0.2) is 4.79 Å². The molecule has 1 rings (SSSR count). The average Bonchev–Trinajstić information content (AvgIpc) is 2.28. The van der Waals surface area contributed by atoms with Crippen molar-refractivity contribution in [3.63, 3.8) is 0 Å². The number of hydrogen-bond acceptors (Lipinski definition) is 4. The Kier molecular flexibility index (Phi) is 5.37. The lowest BCUT2D eigenvalue weighted by Crippen LogP contribution is -2.46. The van der Waals surface area contributed by atoms with Gasteiger partial charge in [0.1, 0.15) is 6.04 Å². The number of carboxylic acids is 1. The molecule has 6 heteroatoms. The van der Waals surface area contributed by atoms with Gasteiger partial charge in [0, 0.05) is 25.0 Å². The molecule has 0 spiro atoms. The number of nitrogens with one attached hydrogen (secondary N) is 1. The Balaban J connectivity index is 2.48. The van der Waals surface area contributed by atoms with Gasteiger partial charge in [-0.1, -0.05) is 6.42 Å². The third-order valence-electron chi connectivity index (χ3n) is 3.12. The molecule has 0 bridgehead atoms. The minimum atomic E-state index is -1.12. The zero-order valence-electron chi connectivity index (χ0n) is 9.76. The number of rotatable bonds is 5. The Labute approximate surface area is 100 Å². The summed E-state index contributed by atoms with van der Waals surface area (Å²) in [6.45, 7) is -0.262. The molecule has 0 heterocycles. The minimum absolute atomic E-state index is 0.0276. The van der Waals surface area contributed by atoms with Gasteiger partial charge in [-0.2, -0.15) is 0 Å². The molecule has 1 saturated carbocycles. The van der Waals surface area contributed by atoms with Gasteiger partial charge in [0.05, 0.1) is 0 Å². The summed E-state index contributed by atoms with van der Waals surface area (Å²) in [5.41, 5.74) is 5.78. The molecule has 0 aromatic rings. The maximum absolute atomic E-state index is 11.8. The van der Waals surface area contributed by atoms with Crippen LogP contribution in [0.1, 0.15) is 32.1 Å². The van der Waals surface area contributed by atoms with Crippen molar-refractivity contribution in [3.8, 4) is 0 Å². The Hall–Kier alpha value is -1.14. The van der Waals surface area contributed by atoms with Gasteiger partial charge < -0.3 is 21.3 Å². The maximum Gasteiger partial charge on any atom is 0.326 e. The lowest BCUT2D eigenvalue weighted by atomic mass is 9.85. The van der Waals surface area contributed by atoms with Crippen molar-refractivity contribution in [1.82, 2.24) is 5.32 Å². The highest BCUT2D eigenvalue weighted by atomic mass is 16.4. The summed E-state index contributed by atoms with van der Waals surface area (Å²) in [6, 6.07) is -0.980. The normalized spacial score (nSPS) is 26.2. The van der Waals surface area contributed by atoms with Crippen LogP contribution in [0, 0.1) is 5.92 Å². The second-order valence-corrected chi connectivity index (χ2v) is 4.54. The minimum Gasteiger partial charge on any atom is -0.480 e. The van der Waals surface area contributed by atoms with Gasteiger partial charge in [-0.3, -0.25) is 4.79 Å². The molecule has 1 amide bonds. The van der Waals surface area contributed by atoms with E-state index in [0.29, 0.717) is 6.42 Å². The molecule has 0 aliphatic heterocycles. The van der Waals surface area contributed by atoms with Gasteiger partial charge in [-0.15, -0.1) is 0 Å². The Morgan fingerprint density at radius 2 is 2.12 bits per heavy atom. The van der Waals surface area contributed by atoms with E-state index >= 15 is 0 Å². The van der Waals surface area contributed by atoms with Crippen molar-refractivity contribution in [2.24, 2.45) is 11.7 Å². The molecular weight excluding hydrogens is 224 g/mol. The highest BCUT2D eigenvalue weighted by Crippen LogP contribution is 2.23. The number of aliphatic carboxylic acids is 1. The van der Waals surface area contributed by atoms with Crippen molar-refractivity contribution in [2.45, 2.75) is 44.2 Å². The van der Waals surface area contributed by atoms with E-state index < -0.39 is 12.0 Å². The van der Waals surface area contributed by atoms with Gasteiger partial charge in [0.25, 0.3) is 0 Å². The SMILES string of the molecule is NC1CCCC(C(=O)N[C@H](CCO)C(=O)O)C1. The molecular formula is C11H20N2O4. The molecule has 1 aliphatic rings. The highest BCUT2D eigenvalue weighted by molar-refractivity contribution is 5.85. The van der Waals surface area contributed by atoms with Crippen LogP contribution in [0.4, 0.5) is 0 Å². The molecule has 0 radical (unpaired) electrons. The largest absolute Gasteiger partial charge is 0.480 e. The van der Waals surface area contributed by atoms with E-state index in [-0.39, 0.29) is 30.9 Å². The molecule has 1 fully saturated rings. The second-order valence-electron chi connectivity index (χ2n) is 4.54. The summed E-state index contributed by atoms with van der Waals surface area (Å²) in [6.07, 6.45) is 3.21. The van der Waals surface area contributed by atoms with Gasteiger partial charge in [0.15, 0.2) is 0 Å². The van der Waals surface area contributed by atoms with E-state index in [4.69, 9.17) is 15.9 Å². The van der Waals surface area contributed by atoms with Crippen LogP contribution in [0.2, 0.25) is 0 Å². The van der Waals surface area contributed by atoms with E-state index in [1.54, 1.807) is 0 Å². The lowest BCUT2D eigenvalue weighted by molar-refractivity contribution is -0.143. The lowest BCUT2D eigenvalue weighted by Gasteiger charge is -2.26. The van der Waals surface area contributed by atoms with Crippen LogP contribution in [-0.2, 0) is 9.59 Å². The molecule has 1 aliphatic carbocycles. The van der Waals surface area contributed by atoms with Crippen LogP contribution in [-0.4, -0.2) is 40.8 Å². The summed E-state index contributed by atoms with van der Waals surface area (Å²) in [5, 5.41) is 20.0. The molecule has 98 valence electrons. The average molecular weight is 244 g/mol. The van der Waals surface area contributed by atoms with Gasteiger partial charge in [0.2, 0.25) is 5.91 Å². The smallest absolute Gasteiger partial charge is 0.326 e. The predicted molar refractivity (Wildman–Crippen MR) is 61.2 cm³/mol. The molecule has 0 aromatic carbocycles. The summed E-state index contributed by atoms with van der Waals surface area (Å²) >= 11 is 0. The fourth-order valence-corrected chi connectivity index (χ4v) is 2.14. The molecule has 5 N–H and O–H groups in total. The molecule has 17 heavy (non-hydrogen) atoms. The molecule has 0 saturated heterocycles. The predicted octanol–water partition coefficient (Wildman–Crippen LogP) is -0.544. The number of nitrogens with two attached hydrogens (primary N) is 1. The highest BCUT2D eigenvalue weighted by Gasteiger charge is 2.28.